The summed E-state index contributed by atoms with van der Waals surface area (Å²) in [5, 5.41) is 6.47. The van der Waals surface area contributed by atoms with Crippen molar-refractivity contribution in [1.29, 1.82) is 0 Å². The van der Waals surface area contributed by atoms with Crippen molar-refractivity contribution in [2.45, 2.75) is 43.9 Å². The van der Waals surface area contributed by atoms with Gasteiger partial charge in [-0.05, 0) is 49.9 Å². The number of nitrogens with zero attached hydrogens (tertiary/aromatic N) is 1. The number of benzene rings is 2. The minimum atomic E-state index is -4.58. The van der Waals surface area contributed by atoms with Gasteiger partial charge in [0.15, 0.2) is 0 Å². The van der Waals surface area contributed by atoms with E-state index < -0.39 is 23.6 Å². The summed E-state index contributed by atoms with van der Waals surface area (Å²) in [7, 11) is 1.37. The van der Waals surface area contributed by atoms with Crippen molar-refractivity contribution in [3.63, 3.8) is 0 Å². The summed E-state index contributed by atoms with van der Waals surface area (Å²) in [6.07, 6.45) is -2.04. The summed E-state index contributed by atoms with van der Waals surface area (Å²) in [6.45, 7) is 0. The van der Waals surface area contributed by atoms with E-state index in [4.69, 9.17) is 16.3 Å². The van der Waals surface area contributed by atoms with E-state index in [1.54, 1.807) is 18.2 Å². The van der Waals surface area contributed by atoms with Gasteiger partial charge in [0.2, 0.25) is 0 Å². The molecule has 1 aliphatic rings. The molecule has 2 aromatic carbocycles. The Morgan fingerprint density at radius 3 is 2.62 bits per heavy atom. The topological polar surface area (TPSA) is 63.2 Å². The standard InChI is InChI=1S/C24H22ClF4N3O2/c1-34-19-10-9-16(26)21(22(19)25)23(33)31-14-6-4-5-13(11-14)30-18-12-20(24(27,28)29)32-17-8-3-2-7-15(17)18/h2-3,7-10,12-14H,4-6,11H2,1H3,(H,30,32)(H,31,33)/t13-,14+/m0/s1. The van der Waals surface area contributed by atoms with Crippen molar-refractivity contribution in [1.82, 2.24) is 10.3 Å². The largest absolute Gasteiger partial charge is 0.495 e. The lowest BCUT2D eigenvalue weighted by atomic mass is 9.90. The molecule has 0 spiro atoms. The van der Waals surface area contributed by atoms with Gasteiger partial charge in [0.1, 0.15) is 17.3 Å². The number of carbonyl (C=O) groups excluding carboxylic acids is 1. The minimum Gasteiger partial charge on any atom is -0.495 e. The van der Waals surface area contributed by atoms with E-state index in [2.05, 4.69) is 15.6 Å². The number of alkyl halides is 3. The summed E-state index contributed by atoms with van der Waals surface area (Å²) in [6, 6.07) is 9.56. The first-order valence-electron chi connectivity index (χ1n) is 10.7. The molecule has 1 fully saturated rings. The number of fused-ring (bicyclic) bond motifs is 1. The van der Waals surface area contributed by atoms with Crippen LogP contribution in [-0.4, -0.2) is 30.1 Å². The van der Waals surface area contributed by atoms with Gasteiger partial charge in [0.05, 0.1) is 23.2 Å². The molecule has 10 heteroatoms. The number of hydrogen-bond acceptors (Lipinski definition) is 4. The molecule has 0 aliphatic heterocycles. The van der Waals surface area contributed by atoms with Gasteiger partial charge >= 0.3 is 6.18 Å². The zero-order valence-electron chi connectivity index (χ0n) is 18.2. The molecular weight excluding hydrogens is 474 g/mol. The summed E-state index contributed by atoms with van der Waals surface area (Å²) in [5.74, 6) is -1.25. The molecule has 1 heterocycles. The van der Waals surface area contributed by atoms with Crippen LogP contribution in [0.1, 0.15) is 41.7 Å². The molecule has 0 saturated heterocycles. The van der Waals surface area contributed by atoms with Crippen LogP contribution in [0.4, 0.5) is 23.2 Å². The second-order valence-electron chi connectivity index (χ2n) is 8.19. The lowest BCUT2D eigenvalue weighted by molar-refractivity contribution is -0.140. The molecule has 1 saturated carbocycles. The minimum absolute atomic E-state index is 0.117. The molecule has 4 rings (SSSR count). The van der Waals surface area contributed by atoms with Crippen LogP contribution in [-0.2, 0) is 6.18 Å². The zero-order valence-corrected chi connectivity index (χ0v) is 18.9. The molecule has 34 heavy (non-hydrogen) atoms. The number of aromatic nitrogens is 1. The summed E-state index contributed by atoms with van der Waals surface area (Å²) < 4.78 is 59.5. The summed E-state index contributed by atoms with van der Waals surface area (Å²) >= 11 is 6.13. The molecule has 0 unspecified atom stereocenters. The van der Waals surface area contributed by atoms with E-state index in [1.807, 2.05) is 0 Å². The molecule has 180 valence electrons. The number of hydrogen-bond donors (Lipinski definition) is 2. The molecule has 1 aromatic heterocycles. The first kappa shape index (κ1) is 24.1. The summed E-state index contributed by atoms with van der Waals surface area (Å²) in [5.41, 5.74) is -0.705. The quantitative estimate of drug-likeness (QED) is 0.413. The summed E-state index contributed by atoms with van der Waals surface area (Å²) in [4.78, 5) is 16.5. The highest BCUT2D eigenvalue weighted by atomic mass is 35.5. The van der Waals surface area contributed by atoms with Gasteiger partial charge in [0, 0.05) is 23.2 Å². The van der Waals surface area contributed by atoms with E-state index in [-0.39, 0.29) is 33.9 Å². The molecule has 1 aliphatic carbocycles. The number of para-hydroxylation sites is 1. The lowest BCUT2D eigenvalue weighted by Crippen LogP contribution is -2.42. The van der Waals surface area contributed by atoms with Crippen molar-refractivity contribution in [2.24, 2.45) is 0 Å². The van der Waals surface area contributed by atoms with Crippen molar-refractivity contribution < 1.29 is 27.1 Å². The SMILES string of the molecule is COc1ccc(F)c(C(=O)N[C@@H]2CCC[C@H](Nc3cc(C(F)(F)F)nc4ccccc34)C2)c1Cl. The number of nitrogens with one attached hydrogen (secondary N) is 2. The Balaban J connectivity index is 1.53. The predicted octanol–water partition coefficient (Wildman–Crippen LogP) is 6.21. The fourth-order valence-electron chi connectivity index (χ4n) is 4.27. The van der Waals surface area contributed by atoms with Crippen LogP contribution in [0.2, 0.25) is 5.02 Å². The fraction of sp³-hybridized carbons (Fsp3) is 0.333. The Morgan fingerprint density at radius 1 is 1.15 bits per heavy atom. The Bertz CT molecular complexity index is 1220. The fourth-order valence-corrected chi connectivity index (χ4v) is 4.58. The second kappa shape index (κ2) is 9.66. The molecule has 5 nitrogen and oxygen atoms in total. The average molecular weight is 496 g/mol. The van der Waals surface area contributed by atoms with E-state index in [0.717, 1.165) is 18.6 Å². The van der Waals surface area contributed by atoms with Crippen molar-refractivity contribution in [3.05, 3.63) is 64.6 Å². The van der Waals surface area contributed by atoms with Crippen LogP contribution in [0.5, 0.6) is 5.75 Å². The number of pyridine rings is 1. The molecule has 1 amide bonds. The van der Waals surface area contributed by atoms with Crippen LogP contribution in [0.25, 0.3) is 10.9 Å². The average Bonchev–Trinajstić information content (AvgIpc) is 2.79. The van der Waals surface area contributed by atoms with E-state index in [0.29, 0.717) is 30.3 Å². The third kappa shape index (κ3) is 5.04. The lowest BCUT2D eigenvalue weighted by Gasteiger charge is -2.31. The van der Waals surface area contributed by atoms with Crippen molar-refractivity contribution in [3.8, 4) is 5.75 Å². The van der Waals surface area contributed by atoms with Gasteiger partial charge in [-0.15, -0.1) is 0 Å². The maximum absolute atomic E-state index is 14.3. The van der Waals surface area contributed by atoms with E-state index in [1.165, 1.54) is 19.2 Å². The Hall–Kier alpha value is -3.07. The molecule has 0 bridgehead atoms. The highest BCUT2D eigenvalue weighted by Crippen LogP contribution is 2.35. The molecular formula is C24H22ClF4N3O2. The third-order valence-corrected chi connectivity index (χ3v) is 6.25. The molecule has 0 radical (unpaired) electrons. The van der Waals surface area contributed by atoms with E-state index in [9.17, 15) is 22.4 Å². The van der Waals surface area contributed by atoms with Gasteiger partial charge in [-0.1, -0.05) is 29.8 Å². The van der Waals surface area contributed by atoms with Crippen LogP contribution in [0, 0.1) is 5.82 Å². The van der Waals surface area contributed by atoms with Crippen LogP contribution in [0.3, 0.4) is 0 Å². The Morgan fingerprint density at radius 2 is 1.88 bits per heavy atom. The first-order valence-corrected chi connectivity index (χ1v) is 11.1. The van der Waals surface area contributed by atoms with Gasteiger partial charge in [-0.25, -0.2) is 9.37 Å². The first-order chi connectivity index (χ1) is 16.2. The van der Waals surface area contributed by atoms with E-state index >= 15 is 0 Å². The van der Waals surface area contributed by atoms with Crippen molar-refractivity contribution in [2.75, 3.05) is 12.4 Å². The zero-order chi connectivity index (χ0) is 24.5. The number of anilines is 1. The van der Waals surface area contributed by atoms with Crippen LogP contribution in [0.15, 0.2) is 42.5 Å². The predicted molar refractivity (Wildman–Crippen MR) is 122 cm³/mol. The number of ether oxygens (including phenoxy) is 1. The third-order valence-electron chi connectivity index (χ3n) is 5.88. The number of carbonyl (C=O) groups is 1. The van der Waals surface area contributed by atoms with Gasteiger partial charge < -0.3 is 15.4 Å². The smallest absolute Gasteiger partial charge is 0.433 e. The maximum atomic E-state index is 14.3. The molecule has 2 atom stereocenters. The van der Waals surface area contributed by atoms with Gasteiger partial charge in [0.25, 0.3) is 5.91 Å². The number of rotatable bonds is 5. The number of amides is 1. The van der Waals surface area contributed by atoms with Crippen molar-refractivity contribution >= 4 is 34.1 Å². The van der Waals surface area contributed by atoms with Gasteiger partial charge in [-0.2, -0.15) is 13.2 Å². The highest BCUT2D eigenvalue weighted by molar-refractivity contribution is 6.35. The highest BCUT2D eigenvalue weighted by Gasteiger charge is 2.34. The van der Waals surface area contributed by atoms with Gasteiger partial charge in [-0.3, -0.25) is 4.79 Å². The monoisotopic (exact) mass is 495 g/mol. The number of halogens is 5. The number of methoxy groups -OCH3 is 1. The normalized spacial score (nSPS) is 18.5. The van der Waals surface area contributed by atoms with Crippen LogP contribution < -0.4 is 15.4 Å². The molecule has 3 aromatic rings. The van der Waals surface area contributed by atoms with Crippen LogP contribution >= 0.6 is 11.6 Å². The molecule has 2 N–H and O–H groups in total. The second-order valence-corrected chi connectivity index (χ2v) is 8.56. The Labute approximate surface area is 198 Å². The maximum Gasteiger partial charge on any atom is 0.433 e. The Kier molecular flexibility index (Phi) is 6.84.